The van der Waals surface area contributed by atoms with E-state index in [1.807, 2.05) is 0 Å². The van der Waals surface area contributed by atoms with Crippen molar-refractivity contribution in [1.29, 1.82) is 0 Å². The van der Waals surface area contributed by atoms with Gasteiger partial charge < -0.3 is 20.8 Å². The van der Waals surface area contributed by atoms with Crippen molar-refractivity contribution in [1.82, 2.24) is 10.6 Å². The molecule has 0 amide bonds. The second kappa shape index (κ2) is 3.88. The summed E-state index contributed by atoms with van der Waals surface area (Å²) in [6, 6.07) is 0.205. The molecule has 0 aromatic heterocycles. The molecule has 0 aromatic rings. The van der Waals surface area contributed by atoms with E-state index in [1.165, 1.54) is 0 Å². The Morgan fingerprint density at radius 1 is 1.10 bits per heavy atom. The summed E-state index contributed by atoms with van der Waals surface area (Å²) >= 11 is 0. The van der Waals surface area contributed by atoms with Gasteiger partial charge in [-0.1, -0.05) is 0 Å². The fourth-order valence-corrected chi connectivity index (χ4v) is 1.12. The largest absolute Gasteiger partial charge is 0.395 e. The van der Waals surface area contributed by atoms with Crippen LogP contribution in [0.15, 0.2) is 0 Å². The van der Waals surface area contributed by atoms with Gasteiger partial charge in [-0.05, 0) is 0 Å². The highest BCUT2D eigenvalue weighted by atomic mass is 16.3. The molecule has 10 heavy (non-hydrogen) atoms. The Morgan fingerprint density at radius 2 is 1.60 bits per heavy atom. The van der Waals surface area contributed by atoms with Crippen molar-refractivity contribution < 1.29 is 10.2 Å². The molecule has 1 heterocycles. The summed E-state index contributed by atoms with van der Waals surface area (Å²) in [7, 11) is 0. The summed E-state index contributed by atoms with van der Waals surface area (Å²) < 4.78 is 0. The van der Waals surface area contributed by atoms with Gasteiger partial charge in [-0.3, -0.25) is 0 Å². The maximum absolute atomic E-state index is 8.72. The first-order valence-corrected chi connectivity index (χ1v) is 3.55. The van der Waals surface area contributed by atoms with E-state index in [1.54, 1.807) is 0 Å². The highest BCUT2D eigenvalue weighted by Crippen LogP contribution is 1.91. The first-order valence-electron chi connectivity index (χ1n) is 3.55. The third kappa shape index (κ3) is 1.91. The summed E-state index contributed by atoms with van der Waals surface area (Å²) in [5.74, 6) is 0. The Labute approximate surface area is 60.2 Å². The van der Waals surface area contributed by atoms with Gasteiger partial charge in [0, 0.05) is 25.2 Å². The number of rotatable bonds is 2. The Morgan fingerprint density at radius 3 is 2.00 bits per heavy atom. The van der Waals surface area contributed by atoms with E-state index in [2.05, 4.69) is 10.6 Å². The highest BCUT2D eigenvalue weighted by Gasteiger charge is 2.18. The van der Waals surface area contributed by atoms with Crippen LogP contribution in [0.2, 0.25) is 0 Å². The minimum Gasteiger partial charge on any atom is -0.395 e. The second-order valence-corrected chi connectivity index (χ2v) is 2.58. The van der Waals surface area contributed by atoms with Gasteiger partial charge in [0.15, 0.2) is 0 Å². The third-order valence-corrected chi connectivity index (χ3v) is 1.69. The molecule has 60 valence electrons. The molecule has 2 unspecified atom stereocenters. The molecule has 1 saturated heterocycles. The van der Waals surface area contributed by atoms with Crippen molar-refractivity contribution >= 4 is 0 Å². The molecule has 0 saturated carbocycles. The van der Waals surface area contributed by atoms with Crippen LogP contribution in [-0.2, 0) is 0 Å². The van der Waals surface area contributed by atoms with Crippen LogP contribution >= 0.6 is 0 Å². The Hall–Kier alpha value is -0.160. The molecule has 0 radical (unpaired) electrons. The fourth-order valence-electron chi connectivity index (χ4n) is 1.12. The summed E-state index contributed by atoms with van der Waals surface area (Å²) in [5.41, 5.74) is 0. The lowest BCUT2D eigenvalue weighted by Crippen LogP contribution is -2.57. The Balaban J connectivity index is 2.25. The van der Waals surface area contributed by atoms with Crippen LogP contribution in [0, 0.1) is 0 Å². The van der Waals surface area contributed by atoms with Crippen molar-refractivity contribution in [2.45, 2.75) is 12.1 Å². The number of aliphatic hydroxyl groups is 2. The average molecular weight is 146 g/mol. The molecule has 1 aliphatic heterocycles. The molecule has 0 spiro atoms. The van der Waals surface area contributed by atoms with Gasteiger partial charge in [-0.15, -0.1) is 0 Å². The SMILES string of the molecule is OCC1CNCC(CO)N1. The van der Waals surface area contributed by atoms with E-state index in [0.29, 0.717) is 0 Å². The summed E-state index contributed by atoms with van der Waals surface area (Å²) in [5, 5.41) is 23.6. The minimum atomic E-state index is 0.103. The van der Waals surface area contributed by atoms with Crippen molar-refractivity contribution in [2.24, 2.45) is 0 Å². The number of nitrogens with one attached hydrogen (secondary N) is 2. The van der Waals surface area contributed by atoms with Gasteiger partial charge >= 0.3 is 0 Å². The van der Waals surface area contributed by atoms with Crippen LogP contribution in [-0.4, -0.2) is 48.6 Å². The lowest BCUT2D eigenvalue weighted by Gasteiger charge is -2.29. The maximum atomic E-state index is 8.72. The fraction of sp³-hybridized carbons (Fsp3) is 1.00. The molecule has 1 fully saturated rings. The second-order valence-electron chi connectivity index (χ2n) is 2.58. The molecule has 0 aliphatic carbocycles. The van der Waals surface area contributed by atoms with Gasteiger partial charge in [0.2, 0.25) is 0 Å². The molecule has 1 rings (SSSR count). The molecule has 2 atom stereocenters. The van der Waals surface area contributed by atoms with Crippen LogP contribution in [0.4, 0.5) is 0 Å². The van der Waals surface area contributed by atoms with Gasteiger partial charge in [0.25, 0.3) is 0 Å². The van der Waals surface area contributed by atoms with Crippen LogP contribution in [0.1, 0.15) is 0 Å². The van der Waals surface area contributed by atoms with Crippen molar-refractivity contribution in [3.8, 4) is 0 Å². The molecule has 0 bridgehead atoms. The van der Waals surface area contributed by atoms with Crippen LogP contribution in [0.25, 0.3) is 0 Å². The zero-order valence-corrected chi connectivity index (χ0v) is 5.88. The summed E-state index contributed by atoms with van der Waals surface area (Å²) in [4.78, 5) is 0. The van der Waals surface area contributed by atoms with E-state index in [9.17, 15) is 0 Å². The predicted molar refractivity (Wildman–Crippen MR) is 37.8 cm³/mol. The van der Waals surface area contributed by atoms with E-state index >= 15 is 0 Å². The maximum Gasteiger partial charge on any atom is 0.0597 e. The van der Waals surface area contributed by atoms with Crippen molar-refractivity contribution in [3.63, 3.8) is 0 Å². The lowest BCUT2D eigenvalue weighted by atomic mass is 10.2. The first kappa shape index (κ1) is 7.94. The van der Waals surface area contributed by atoms with Crippen molar-refractivity contribution in [3.05, 3.63) is 0 Å². The van der Waals surface area contributed by atoms with E-state index in [0.717, 1.165) is 13.1 Å². The van der Waals surface area contributed by atoms with Gasteiger partial charge in [-0.25, -0.2) is 0 Å². The molecule has 0 aromatic carbocycles. The Kier molecular flexibility index (Phi) is 3.08. The van der Waals surface area contributed by atoms with Crippen LogP contribution in [0.5, 0.6) is 0 Å². The highest BCUT2D eigenvalue weighted by molar-refractivity contribution is 4.82. The number of piperazine rings is 1. The number of aliphatic hydroxyl groups excluding tert-OH is 2. The van der Waals surface area contributed by atoms with Gasteiger partial charge in [-0.2, -0.15) is 0 Å². The van der Waals surface area contributed by atoms with E-state index in [4.69, 9.17) is 10.2 Å². The molecule has 4 nitrogen and oxygen atoms in total. The number of hydrogen-bond donors (Lipinski definition) is 4. The first-order chi connectivity index (χ1) is 4.86. The smallest absolute Gasteiger partial charge is 0.0597 e. The Bertz CT molecular complexity index is 89.7. The average Bonchev–Trinajstić information content (AvgIpc) is 2.05. The normalized spacial score (nSPS) is 34.2. The molecule has 1 aliphatic rings. The molecular weight excluding hydrogens is 132 g/mol. The van der Waals surface area contributed by atoms with Crippen molar-refractivity contribution in [2.75, 3.05) is 26.3 Å². The standard InChI is InChI=1S/C6H14N2O2/c9-3-5-1-7-2-6(4-10)8-5/h5-10H,1-4H2. The van der Waals surface area contributed by atoms with Gasteiger partial charge in [0.05, 0.1) is 13.2 Å². The minimum absolute atomic E-state index is 0.103. The molecule has 4 N–H and O–H groups in total. The van der Waals surface area contributed by atoms with Crippen LogP contribution in [0.3, 0.4) is 0 Å². The quantitative estimate of drug-likeness (QED) is 0.360. The monoisotopic (exact) mass is 146 g/mol. The van der Waals surface area contributed by atoms with E-state index < -0.39 is 0 Å². The van der Waals surface area contributed by atoms with Crippen LogP contribution < -0.4 is 10.6 Å². The third-order valence-electron chi connectivity index (χ3n) is 1.69. The number of hydrogen-bond acceptors (Lipinski definition) is 4. The lowest BCUT2D eigenvalue weighted by molar-refractivity contribution is 0.167. The van der Waals surface area contributed by atoms with E-state index in [-0.39, 0.29) is 25.3 Å². The zero-order chi connectivity index (χ0) is 7.40. The summed E-state index contributed by atoms with van der Waals surface area (Å²) in [6.45, 7) is 1.83. The predicted octanol–water partition coefficient (Wildman–Crippen LogP) is -2.10. The van der Waals surface area contributed by atoms with Gasteiger partial charge in [0.1, 0.15) is 0 Å². The topological polar surface area (TPSA) is 64.5 Å². The molecule has 4 heteroatoms. The molecular formula is C6H14N2O2. The summed E-state index contributed by atoms with van der Waals surface area (Å²) in [6.07, 6.45) is 0. The zero-order valence-electron chi connectivity index (χ0n) is 5.88.